The van der Waals surface area contributed by atoms with Crippen LogP contribution in [0.5, 0.6) is 0 Å². The van der Waals surface area contributed by atoms with Gasteiger partial charge in [-0.05, 0) is 42.3 Å². The number of fused-ring (bicyclic) bond motifs is 2. The zero-order valence-corrected chi connectivity index (χ0v) is 12.9. The van der Waals surface area contributed by atoms with Gasteiger partial charge in [0.25, 0.3) is 0 Å². The molecule has 0 amide bonds. The quantitative estimate of drug-likeness (QED) is 0.542. The second-order valence-electron chi connectivity index (χ2n) is 5.51. The molecule has 0 fully saturated rings. The predicted octanol–water partition coefficient (Wildman–Crippen LogP) is 4.59. The lowest BCUT2D eigenvalue weighted by Crippen LogP contribution is -1.98. The molecule has 0 bridgehead atoms. The summed E-state index contributed by atoms with van der Waals surface area (Å²) in [6, 6.07) is 10.3. The van der Waals surface area contributed by atoms with E-state index in [9.17, 15) is 0 Å². The van der Waals surface area contributed by atoms with E-state index < -0.39 is 0 Å². The summed E-state index contributed by atoms with van der Waals surface area (Å²) < 4.78 is 2.26. The number of rotatable bonds is 2. The minimum atomic E-state index is 0.665. The highest BCUT2D eigenvalue weighted by atomic mass is 35.5. The molecule has 3 nitrogen and oxygen atoms in total. The van der Waals surface area contributed by atoms with Crippen LogP contribution in [0.3, 0.4) is 0 Å². The lowest BCUT2D eigenvalue weighted by atomic mass is 10.1. The van der Waals surface area contributed by atoms with Crippen LogP contribution in [0.4, 0.5) is 0 Å². The molecule has 0 aliphatic heterocycles. The van der Waals surface area contributed by atoms with E-state index in [-0.39, 0.29) is 0 Å². The van der Waals surface area contributed by atoms with E-state index in [1.165, 1.54) is 22.0 Å². The molecule has 3 aromatic heterocycles. The van der Waals surface area contributed by atoms with Gasteiger partial charge < -0.3 is 4.57 Å². The Morgan fingerprint density at radius 3 is 2.95 bits per heavy atom. The van der Waals surface area contributed by atoms with Crippen molar-refractivity contribution >= 4 is 33.4 Å². The minimum Gasteiger partial charge on any atom is -0.343 e. The minimum absolute atomic E-state index is 0.665. The molecule has 0 radical (unpaired) electrons. The van der Waals surface area contributed by atoms with E-state index >= 15 is 0 Å². The molecule has 0 aliphatic carbocycles. The fraction of sp³-hybridized carbons (Fsp3) is 0.111. The Morgan fingerprint density at radius 1 is 1.14 bits per heavy atom. The summed E-state index contributed by atoms with van der Waals surface area (Å²) in [6.07, 6.45) is 7.61. The van der Waals surface area contributed by atoms with Crippen molar-refractivity contribution in [1.82, 2.24) is 14.5 Å². The second kappa shape index (κ2) is 5.11. The average Bonchev–Trinajstić information content (AvgIpc) is 2.84. The van der Waals surface area contributed by atoms with Crippen LogP contribution in [0.2, 0.25) is 5.02 Å². The van der Waals surface area contributed by atoms with Crippen molar-refractivity contribution in [2.45, 2.75) is 13.5 Å². The van der Waals surface area contributed by atoms with Crippen molar-refractivity contribution in [2.75, 3.05) is 0 Å². The molecule has 4 heteroatoms. The van der Waals surface area contributed by atoms with E-state index in [0.29, 0.717) is 5.02 Å². The van der Waals surface area contributed by atoms with Crippen molar-refractivity contribution < 1.29 is 0 Å². The van der Waals surface area contributed by atoms with Crippen molar-refractivity contribution in [3.63, 3.8) is 0 Å². The fourth-order valence-corrected chi connectivity index (χ4v) is 3.06. The zero-order valence-electron chi connectivity index (χ0n) is 12.1. The first kappa shape index (κ1) is 13.3. The van der Waals surface area contributed by atoms with Gasteiger partial charge in [0.2, 0.25) is 0 Å². The molecule has 0 aliphatic rings. The van der Waals surface area contributed by atoms with Crippen LogP contribution in [-0.4, -0.2) is 14.5 Å². The van der Waals surface area contributed by atoms with Gasteiger partial charge in [-0.3, -0.25) is 9.97 Å². The largest absolute Gasteiger partial charge is 0.343 e. The highest BCUT2D eigenvalue weighted by Gasteiger charge is 2.06. The first-order valence-electron chi connectivity index (χ1n) is 7.14. The van der Waals surface area contributed by atoms with Crippen LogP contribution in [-0.2, 0) is 6.54 Å². The molecule has 0 unspecified atom stereocenters. The van der Waals surface area contributed by atoms with Gasteiger partial charge in [0, 0.05) is 42.1 Å². The third kappa shape index (κ3) is 2.24. The molecule has 4 rings (SSSR count). The summed E-state index contributed by atoms with van der Waals surface area (Å²) >= 11 is 6.04. The first-order valence-corrected chi connectivity index (χ1v) is 7.52. The van der Waals surface area contributed by atoms with E-state index in [1.807, 2.05) is 24.5 Å². The van der Waals surface area contributed by atoms with E-state index in [0.717, 1.165) is 17.4 Å². The third-order valence-corrected chi connectivity index (χ3v) is 4.15. The number of aromatic nitrogens is 3. The molecule has 22 heavy (non-hydrogen) atoms. The Morgan fingerprint density at radius 2 is 2.05 bits per heavy atom. The average molecular weight is 308 g/mol. The number of aryl methyl sites for hydroxylation is 1. The zero-order chi connectivity index (χ0) is 15.1. The summed E-state index contributed by atoms with van der Waals surface area (Å²) in [4.78, 5) is 8.54. The Bertz CT molecular complexity index is 988. The molecule has 0 saturated heterocycles. The van der Waals surface area contributed by atoms with Gasteiger partial charge >= 0.3 is 0 Å². The van der Waals surface area contributed by atoms with E-state index in [2.05, 4.69) is 45.9 Å². The SMILES string of the molecule is Cc1cn(Cc2ccc3ncc(Cl)cc3c2)c2ccncc12. The van der Waals surface area contributed by atoms with Crippen LogP contribution in [0.15, 0.2) is 55.1 Å². The van der Waals surface area contributed by atoms with Gasteiger partial charge in [-0.1, -0.05) is 17.7 Å². The van der Waals surface area contributed by atoms with Crippen molar-refractivity contribution in [3.05, 3.63) is 71.3 Å². The summed E-state index contributed by atoms with van der Waals surface area (Å²) in [5.74, 6) is 0. The van der Waals surface area contributed by atoms with Gasteiger partial charge in [0.1, 0.15) is 0 Å². The molecule has 0 saturated carbocycles. The van der Waals surface area contributed by atoms with Crippen molar-refractivity contribution in [3.8, 4) is 0 Å². The topological polar surface area (TPSA) is 30.7 Å². The maximum Gasteiger partial charge on any atom is 0.0703 e. The van der Waals surface area contributed by atoms with Crippen LogP contribution in [0.25, 0.3) is 21.8 Å². The Labute approximate surface area is 133 Å². The first-order chi connectivity index (χ1) is 10.7. The molecular weight excluding hydrogens is 294 g/mol. The molecule has 0 spiro atoms. The summed E-state index contributed by atoms with van der Waals surface area (Å²) in [5.41, 5.74) is 4.64. The highest BCUT2D eigenvalue weighted by Crippen LogP contribution is 2.22. The monoisotopic (exact) mass is 307 g/mol. The van der Waals surface area contributed by atoms with Gasteiger partial charge in [-0.25, -0.2) is 0 Å². The fourth-order valence-electron chi connectivity index (χ4n) is 2.89. The predicted molar refractivity (Wildman–Crippen MR) is 90.3 cm³/mol. The lowest BCUT2D eigenvalue weighted by Gasteiger charge is -2.07. The number of pyridine rings is 2. The number of nitrogens with zero attached hydrogens (tertiary/aromatic N) is 3. The van der Waals surface area contributed by atoms with Gasteiger partial charge in [0.05, 0.1) is 16.1 Å². The van der Waals surface area contributed by atoms with Gasteiger partial charge in [-0.2, -0.15) is 0 Å². The molecule has 3 heterocycles. The normalized spacial score (nSPS) is 11.4. The molecule has 108 valence electrons. The van der Waals surface area contributed by atoms with E-state index in [4.69, 9.17) is 11.6 Å². The maximum absolute atomic E-state index is 6.04. The summed E-state index contributed by atoms with van der Waals surface area (Å²) in [7, 11) is 0. The smallest absolute Gasteiger partial charge is 0.0703 e. The Hall–Kier alpha value is -2.39. The standard InChI is InChI=1S/C18H14ClN3/c1-12-10-22(18-4-5-20-9-16(12)18)11-13-2-3-17-14(6-13)7-15(19)8-21-17/h2-10H,11H2,1H3. The van der Waals surface area contributed by atoms with Gasteiger partial charge in [0.15, 0.2) is 0 Å². The number of hydrogen-bond acceptors (Lipinski definition) is 2. The molecule has 0 atom stereocenters. The maximum atomic E-state index is 6.04. The third-order valence-electron chi connectivity index (χ3n) is 3.95. The second-order valence-corrected chi connectivity index (χ2v) is 5.95. The van der Waals surface area contributed by atoms with Crippen molar-refractivity contribution in [1.29, 1.82) is 0 Å². The van der Waals surface area contributed by atoms with Crippen molar-refractivity contribution in [2.24, 2.45) is 0 Å². The summed E-state index contributed by atoms with van der Waals surface area (Å²) in [5, 5.41) is 2.94. The van der Waals surface area contributed by atoms with Crippen LogP contribution in [0.1, 0.15) is 11.1 Å². The van der Waals surface area contributed by atoms with Gasteiger partial charge in [-0.15, -0.1) is 0 Å². The van der Waals surface area contributed by atoms with Crippen LogP contribution >= 0.6 is 11.6 Å². The Kier molecular flexibility index (Phi) is 3.09. The highest BCUT2D eigenvalue weighted by molar-refractivity contribution is 6.31. The summed E-state index contributed by atoms with van der Waals surface area (Å²) in [6.45, 7) is 2.93. The van der Waals surface area contributed by atoms with Crippen LogP contribution < -0.4 is 0 Å². The van der Waals surface area contributed by atoms with E-state index in [1.54, 1.807) is 6.20 Å². The molecule has 4 aromatic rings. The number of halogens is 1. The van der Waals surface area contributed by atoms with Crippen LogP contribution in [0, 0.1) is 6.92 Å². The Balaban J connectivity index is 1.79. The number of hydrogen-bond donors (Lipinski definition) is 0. The molecule has 0 N–H and O–H groups in total. The lowest BCUT2D eigenvalue weighted by molar-refractivity contribution is 0.835. The molecular formula is C18H14ClN3. The number of benzene rings is 1. The molecule has 1 aromatic carbocycles.